The zero-order chi connectivity index (χ0) is 21.1. The van der Waals surface area contributed by atoms with Crippen molar-refractivity contribution in [3.63, 3.8) is 0 Å². The summed E-state index contributed by atoms with van der Waals surface area (Å²) in [6.07, 6.45) is 3.12. The lowest BCUT2D eigenvalue weighted by atomic mass is 10.2. The molecule has 29 heavy (non-hydrogen) atoms. The van der Waals surface area contributed by atoms with Gasteiger partial charge >= 0.3 is 0 Å². The Morgan fingerprint density at radius 3 is 2.76 bits per heavy atom. The van der Waals surface area contributed by atoms with E-state index < -0.39 is 11.8 Å². The molecular formula is C21H24BrN3O4. The first-order valence-electron chi connectivity index (χ1n) is 9.20. The van der Waals surface area contributed by atoms with Gasteiger partial charge in [-0.25, -0.2) is 5.43 Å². The van der Waals surface area contributed by atoms with E-state index >= 15 is 0 Å². The fourth-order valence-electron chi connectivity index (χ4n) is 2.34. The summed E-state index contributed by atoms with van der Waals surface area (Å²) >= 11 is 3.41. The van der Waals surface area contributed by atoms with Gasteiger partial charge in [0, 0.05) is 21.8 Å². The Morgan fingerprint density at radius 1 is 1.17 bits per heavy atom. The summed E-state index contributed by atoms with van der Waals surface area (Å²) in [6.45, 7) is 2.70. The van der Waals surface area contributed by atoms with Crippen LogP contribution < -0.4 is 20.2 Å². The number of hydrazone groups is 1. The third-order valence-corrected chi connectivity index (χ3v) is 4.29. The summed E-state index contributed by atoms with van der Waals surface area (Å²) in [4.78, 5) is 24.0. The minimum atomic E-state index is -0.523. The first kappa shape index (κ1) is 22.4. The number of halogens is 1. The van der Waals surface area contributed by atoms with Crippen LogP contribution in [0.1, 0.15) is 31.7 Å². The predicted octanol–water partition coefficient (Wildman–Crippen LogP) is 4.12. The molecule has 0 saturated heterocycles. The summed E-state index contributed by atoms with van der Waals surface area (Å²) in [5.74, 6) is 0.320. The van der Waals surface area contributed by atoms with Crippen LogP contribution >= 0.6 is 15.9 Å². The highest BCUT2D eigenvalue weighted by atomic mass is 79.9. The molecule has 2 aromatic carbocycles. The second kappa shape index (κ2) is 11.9. The second-order valence-corrected chi connectivity index (χ2v) is 7.05. The van der Waals surface area contributed by atoms with Gasteiger partial charge in [-0.3, -0.25) is 9.59 Å². The molecule has 2 N–H and O–H groups in total. The van der Waals surface area contributed by atoms with Gasteiger partial charge in [-0.05, 0) is 36.8 Å². The maximum absolute atomic E-state index is 12.0. The molecule has 0 saturated carbocycles. The third kappa shape index (κ3) is 7.95. The van der Waals surface area contributed by atoms with Gasteiger partial charge in [-0.15, -0.1) is 0 Å². The van der Waals surface area contributed by atoms with E-state index in [1.807, 2.05) is 18.2 Å². The highest BCUT2D eigenvalue weighted by Crippen LogP contribution is 2.22. The number of carbonyl (C=O) groups is 2. The minimum Gasteiger partial charge on any atom is -0.497 e. The van der Waals surface area contributed by atoms with Crippen molar-refractivity contribution in [2.24, 2.45) is 5.10 Å². The highest BCUT2D eigenvalue weighted by Gasteiger charge is 2.10. The number of hydrogen-bond acceptors (Lipinski definition) is 5. The fourth-order valence-corrected chi connectivity index (χ4v) is 2.72. The van der Waals surface area contributed by atoms with E-state index in [0.29, 0.717) is 23.8 Å². The van der Waals surface area contributed by atoms with Crippen molar-refractivity contribution in [2.75, 3.05) is 19.0 Å². The molecule has 0 spiro atoms. The number of amides is 2. The van der Waals surface area contributed by atoms with Crippen LogP contribution in [-0.2, 0) is 9.59 Å². The monoisotopic (exact) mass is 461 g/mol. The van der Waals surface area contributed by atoms with E-state index in [0.717, 1.165) is 22.9 Å². The van der Waals surface area contributed by atoms with Crippen LogP contribution in [0.25, 0.3) is 0 Å². The zero-order valence-corrected chi connectivity index (χ0v) is 18.0. The maximum Gasteiger partial charge on any atom is 0.249 e. The number of anilines is 1. The predicted molar refractivity (Wildman–Crippen MR) is 117 cm³/mol. The average molecular weight is 462 g/mol. The number of carbonyl (C=O) groups excluding carboxylic acids is 2. The van der Waals surface area contributed by atoms with Gasteiger partial charge in [0.1, 0.15) is 17.9 Å². The van der Waals surface area contributed by atoms with Gasteiger partial charge in [0.2, 0.25) is 11.8 Å². The van der Waals surface area contributed by atoms with Gasteiger partial charge in [-0.2, -0.15) is 5.10 Å². The summed E-state index contributed by atoms with van der Waals surface area (Å²) in [5, 5.41) is 6.58. The molecular weight excluding hydrogens is 438 g/mol. The Hall–Kier alpha value is -2.87. The lowest BCUT2D eigenvalue weighted by Crippen LogP contribution is -2.24. The van der Waals surface area contributed by atoms with Crippen LogP contribution in [0.3, 0.4) is 0 Å². The first-order valence-corrected chi connectivity index (χ1v) is 9.99. The Morgan fingerprint density at radius 2 is 2.00 bits per heavy atom. The Bertz CT molecular complexity index is 871. The average Bonchev–Trinajstić information content (AvgIpc) is 2.69. The van der Waals surface area contributed by atoms with Crippen LogP contribution in [-0.4, -0.2) is 31.7 Å². The molecule has 154 valence electrons. The van der Waals surface area contributed by atoms with Crippen molar-refractivity contribution in [3.8, 4) is 11.5 Å². The van der Waals surface area contributed by atoms with Crippen molar-refractivity contribution in [3.05, 3.63) is 52.5 Å². The summed E-state index contributed by atoms with van der Waals surface area (Å²) in [5.41, 5.74) is 3.63. The molecule has 2 rings (SSSR count). The smallest absolute Gasteiger partial charge is 0.249 e. The molecule has 2 aromatic rings. The topological polar surface area (TPSA) is 89.0 Å². The van der Waals surface area contributed by atoms with Crippen molar-refractivity contribution >= 4 is 39.6 Å². The van der Waals surface area contributed by atoms with E-state index in [1.54, 1.807) is 24.3 Å². The van der Waals surface area contributed by atoms with Crippen molar-refractivity contribution in [1.29, 1.82) is 0 Å². The molecule has 0 fully saturated rings. The quantitative estimate of drug-likeness (QED) is 0.241. The number of ether oxygens (including phenoxy) is 2. The number of benzene rings is 2. The first-order chi connectivity index (χ1) is 14.0. The molecule has 0 aliphatic rings. The summed E-state index contributed by atoms with van der Waals surface area (Å²) in [7, 11) is 1.54. The van der Waals surface area contributed by atoms with Crippen LogP contribution in [0, 0.1) is 0 Å². The zero-order valence-electron chi connectivity index (χ0n) is 16.4. The van der Waals surface area contributed by atoms with Gasteiger partial charge in [-0.1, -0.05) is 35.3 Å². The number of unbranched alkanes of at least 4 members (excludes halogenated alkanes) is 1. The Balaban J connectivity index is 1.88. The maximum atomic E-state index is 12.0. The van der Waals surface area contributed by atoms with E-state index in [9.17, 15) is 9.59 Å². The molecule has 2 amide bonds. The van der Waals surface area contributed by atoms with Crippen LogP contribution in [0.4, 0.5) is 5.69 Å². The van der Waals surface area contributed by atoms with Gasteiger partial charge in [0.05, 0.1) is 19.9 Å². The number of rotatable bonds is 10. The fraction of sp³-hybridized carbons (Fsp3) is 0.286. The SMILES string of the molecule is CCCCOc1ccc(Br)cc1C=NNC(=O)CC(=O)Nc1cccc(OC)c1. The van der Waals surface area contributed by atoms with Gasteiger partial charge in [0.15, 0.2) is 0 Å². The molecule has 0 unspecified atom stereocenters. The van der Waals surface area contributed by atoms with E-state index in [1.165, 1.54) is 13.3 Å². The standard InChI is InChI=1S/C21H24BrN3O4/c1-3-4-10-29-19-9-8-16(22)11-15(19)14-23-25-21(27)13-20(26)24-17-6-5-7-18(12-17)28-2/h5-9,11-12,14H,3-4,10,13H2,1-2H3,(H,24,26)(H,25,27). The van der Waals surface area contributed by atoms with Gasteiger partial charge < -0.3 is 14.8 Å². The summed E-state index contributed by atoms with van der Waals surface area (Å²) < 4.78 is 11.7. The van der Waals surface area contributed by atoms with E-state index in [2.05, 4.69) is 38.7 Å². The number of hydrogen-bond donors (Lipinski definition) is 2. The van der Waals surface area contributed by atoms with Crippen molar-refractivity contribution in [1.82, 2.24) is 5.43 Å². The molecule has 8 heteroatoms. The van der Waals surface area contributed by atoms with Crippen molar-refractivity contribution < 1.29 is 19.1 Å². The minimum absolute atomic E-state index is 0.354. The number of nitrogens with one attached hydrogen (secondary N) is 2. The second-order valence-electron chi connectivity index (χ2n) is 6.13. The van der Waals surface area contributed by atoms with Crippen LogP contribution in [0.2, 0.25) is 0 Å². The molecule has 0 atom stereocenters. The molecule has 7 nitrogen and oxygen atoms in total. The number of nitrogens with zero attached hydrogens (tertiary/aromatic N) is 1. The van der Waals surface area contributed by atoms with E-state index in [4.69, 9.17) is 9.47 Å². The third-order valence-electron chi connectivity index (χ3n) is 3.79. The lowest BCUT2D eigenvalue weighted by Gasteiger charge is -2.09. The largest absolute Gasteiger partial charge is 0.497 e. The molecule has 0 heterocycles. The highest BCUT2D eigenvalue weighted by molar-refractivity contribution is 9.10. The normalized spacial score (nSPS) is 10.6. The molecule has 0 aliphatic carbocycles. The Kier molecular flexibility index (Phi) is 9.17. The lowest BCUT2D eigenvalue weighted by molar-refractivity contribution is -0.126. The van der Waals surface area contributed by atoms with Crippen LogP contribution in [0.5, 0.6) is 11.5 Å². The number of methoxy groups -OCH3 is 1. The summed E-state index contributed by atoms with van der Waals surface area (Å²) in [6, 6.07) is 12.4. The molecule has 0 bridgehead atoms. The molecule has 0 radical (unpaired) electrons. The van der Waals surface area contributed by atoms with Crippen LogP contribution in [0.15, 0.2) is 52.0 Å². The molecule has 0 aliphatic heterocycles. The van der Waals surface area contributed by atoms with Crippen molar-refractivity contribution in [2.45, 2.75) is 26.2 Å². The van der Waals surface area contributed by atoms with E-state index in [-0.39, 0.29) is 6.42 Å². The molecule has 0 aromatic heterocycles. The Labute approximate surface area is 178 Å². The van der Waals surface area contributed by atoms with Gasteiger partial charge in [0.25, 0.3) is 0 Å².